The van der Waals surface area contributed by atoms with E-state index in [0.29, 0.717) is 28.5 Å². The van der Waals surface area contributed by atoms with Gasteiger partial charge in [0, 0.05) is 22.7 Å². The van der Waals surface area contributed by atoms with Crippen LogP contribution in [0, 0.1) is 0 Å². The minimum Gasteiger partial charge on any atom is -0.493 e. The van der Waals surface area contributed by atoms with Crippen molar-refractivity contribution in [2.45, 2.75) is 25.2 Å². The maximum absolute atomic E-state index is 11.2. The third-order valence-electron chi connectivity index (χ3n) is 2.71. The monoisotopic (exact) mass is 310 g/mol. The third kappa shape index (κ3) is 2.68. The Labute approximate surface area is 115 Å². The Morgan fingerprint density at radius 2 is 2.22 bits per heavy atom. The van der Waals surface area contributed by atoms with Gasteiger partial charge in [-0.1, -0.05) is 11.6 Å². The Kier molecular flexibility index (Phi) is 3.67. The van der Waals surface area contributed by atoms with E-state index in [-0.39, 0.29) is 11.9 Å². The molecule has 0 amide bonds. The van der Waals surface area contributed by atoms with Gasteiger partial charge in [-0.2, -0.15) is 0 Å². The molecular formula is C11H12Cl2O4S. The summed E-state index contributed by atoms with van der Waals surface area (Å²) in [5.74, 6) is 0.741. The van der Waals surface area contributed by atoms with Gasteiger partial charge in [-0.05, 0) is 18.6 Å². The molecule has 2 rings (SSSR count). The molecule has 100 valence electrons. The lowest BCUT2D eigenvalue weighted by atomic mass is 10.1. The van der Waals surface area contributed by atoms with E-state index in [1.54, 1.807) is 6.07 Å². The van der Waals surface area contributed by atoms with Crippen LogP contribution in [0.5, 0.6) is 11.5 Å². The molecule has 0 fully saturated rings. The Morgan fingerprint density at radius 3 is 2.78 bits per heavy atom. The van der Waals surface area contributed by atoms with Gasteiger partial charge in [0.1, 0.15) is 6.10 Å². The van der Waals surface area contributed by atoms with Crippen molar-refractivity contribution in [3.8, 4) is 11.5 Å². The summed E-state index contributed by atoms with van der Waals surface area (Å²) in [6.45, 7) is 1.91. The average Bonchev–Trinajstić information content (AvgIpc) is 2.63. The van der Waals surface area contributed by atoms with Gasteiger partial charge >= 0.3 is 0 Å². The van der Waals surface area contributed by atoms with Crippen molar-refractivity contribution < 1.29 is 17.9 Å². The molecule has 0 radical (unpaired) electrons. The van der Waals surface area contributed by atoms with Gasteiger partial charge in [-0.3, -0.25) is 0 Å². The zero-order valence-corrected chi connectivity index (χ0v) is 12.2. The van der Waals surface area contributed by atoms with Gasteiger partial charge < -0.3 is 9.47 Å². The molecule has 4 nitrogen and oxygen atoms in total. The zero-order valence-electron chi connectivity index (χ0n) is 9.87. The van der Waals surface area contributed by atoms with Crippen LogP contribution in [-0.2, 0) is 21.2 Å². The van der Waals surface area contributed by atoms with Crippen molar-refractivity contribution in [2.24, 2.45) is 0 Å². The highest BCUT2D eigenvalue weighted by molar-refractivity contribution is 8.13. The fourth-order valence-electron chi connectivity index (χ4n) is 2.01. The first-order chi connectivity index (χ1) is 8.31. The van der Waals surface area contributed by atoms with E-state index in [9.17, 15) is 8.42 Å². The van der Waals surface area contributed by atoms with Crippen LogP contribution in [0.4, 0.5) is 0 Å². The van der Waals surface area contributed by atoms with Crippen LogP contribution in [0.15, 0.2) is 6.07 Å². The number of hydrogen-bond donors (Lipinski definition) is 0. The lowest BCUT2D eigenvalue weighted by Gasteiger charge is -2.12. The molecular weight excluding hydrogens is 299 g/mol. The largest absolute Gasteiger partial charge is 0.493 e. The highest BCUT2D eigenvalue weighted by Crippen LogP contribution is 2.44. The van der Waals surface area contributed by atoms with Gasteiger partial charge in [0.05, 0.1) is 17.9 Å². The van der Waals surface area contributed by atoms with E-state index < -0.39 is 9.05 Å². The van der Waals surface area contributed by atoms with Crippen LogP contribution in [0.3, 0.4) is 0 Å². The standard InChI is InChI=1S/C11H12Cl2O4S/c1-6-3-8-10(12)7(5-18(13,14)15)4-9(16-2)11(8)17-6/h4,6H,3,5H2,1-2H3. The normalized spacial score (nSPS) is 18.3. The van der Waals surface area contributed by atoms with Gasteiger partial charge in [0.25, 0.3) is 0 Å². The molecule has 0 saturated carbocycles. The van der Waals surface area contributed by atoms with E-state index in [0.717, 1.165) is 5.56 Å². The molecule has 0 spiro atoms. The molecule has 7 heteroatoms. The molecule has 0 N–H and O–H groups in total. The van der Waals surface area contributed by atoms with E-state index in [2.05, 4.69) is 0 Å². The fraction of sp³-hybridized carbons (Fsp3) is 0.455. The Bertz CT molecular complexity index is 583. The number of fused-ring (bicyclic) bond motifs is 1. The molecule has 1 aromatic rings. The molecule has 1 unspecified atom stereocenters. The number of hydrogen-bond acceptors (Lipinski definition) is 4. The fourth-order valence-corrected chi connectivity index (χ4v) is 3.33. The van der Waals surface area contributed by atoms with Gasteiger partial charge in [0.15, 0.2) is 11.5 Å². The van der Waals surface area contributed by atoms with Gasteiger partial charge in [0.2, 0.25) is 9.05 Å². The average molecular weight is 311 g/mol. The van der Waals surface area contributed by atoms with E-state index >= 15 is 0 Å². The van der Waals surface area contributed by atoms with Crippen molar-refractivity contribution >= 4 is 31.3 Å². The summed E-state index contributed by atoms with van der Waals surface area (Å²) in [4.78, 5) is 0. The molecule has 1 aliphatic heterocycles. The first kappa shape index (κ1) is 13.8. The molecule has 0 saturated heterocycles. The summed E-state index contributed by atoms with van der Waals surface area (Å²) >= 11 is 6.20. The quantitative estimate of drug-likeness (QED) is 0.806. The van der Waals surface area contributed by atoms with Gasteiger partial charge in [-0.15, -0.1) is 0 Å². The van der Waals surface area contributed by atoms with Crippen molar-refractivity contribution in [1.82, 2.24) is 0 Å². The summed E-state index contributed by atoms with van der Waals surface area (Å²) in [6.07, 6.45) is 0.620. The van der Waals surface area contributed by atoms with Crippen LogP contribution < -0.4 is 9.47 Å². The van der Waals surface area contributed by atoms with Crippen molar-refractivity contribution in [3.05, 3.63) is 22.2 Å². The van der Waals surface area contributed by atoms with Crippen LogP contribution in [0.25, 0.3) is 0 Å². The molecule has 1 heterocycles. The smallest absolute Gasteiger partial charge is 0.236 e. The first-order valence-corrected chi connectivity index (χ1v) is 8.14. The lowest BCUT2D eigenvalue weighted by molar-refractivity contribution is 0.243. The zero-order chi connectivity index (χ0) is 13.5. The van der Waals surface area contributed by atoms with Crippen molar-refractivity contribution in [3.63, 3.8) is 0 Å². The first-order valence-electron chi connectivity index (χ1n) is 5.29. The predicted molar refractivity (Wildman–Crippen MR) is 70.3 cm³/mol. The second-order valence-electron chi connectivity index (χ2n) is 4.18. The maximum atomic E-state index is 11.2. The van der Waals surface area contributed by atoms with E-state index in [1.165, 1.54) is 7.11 Å². The van der Waals surface area contributed by atoms with Crippen molar-refractivity contribution in [2.75, 3.05) is 7.11 Å². The molecule has 1 aliphatic rings. The summed E-state index contributed by atoms with van der Waals surface area (Å²) in [6, 6.07) is 1.55. The molecule has 18 heavy (non-hydrogen) atoms. The predicted octanol–water partition coefficient (Wildman–Crippen LogP) is 2.74. The molecule has 1 aromatic carbocycles. The van der Waals surface area contributed by atoms with Crippen LogP contribution >= 0.6 is 22.3 Å². The van der Waals surface area contributed by atoms with Gasteiger partial charge in [-0.25, -0.2) is 8.42 Å². The van der Waals surface area contributed by atoms with Crippen LogP contribution in [-0.4, -0.2) is 21.6 Å². The van der Waals surface area contributed by atoms with E-state index in [1.807, 2.05) is 6.92 Å². The van der Waals surface area contributed by atoms with Crippen LogP contribution in [0.2, 0.25) is 5.02 Å². The van der Waals surface area contributed by atoms with Crippen LogP contribution in [0.1, 0.15) is 18.1 Å². The number of benzene rings is 1. The molecule has 0 bridgehead atoms. The van der Waals surface area contributed by atoms with Crippen molar-refractivity contribution in [1.29, 1.82) is 0 Å². The Balaban J connectivity index is 2.55. The summed E-state index contributed by atoms with van der Waals surface area (Å²) in [5, 5.41) is 0.388. The minimum atomic E-state index is -3.66. The summed E-state index contributed by atoms with van der Waals surface area (Å²) in [5.41, 5.74) is 1.21. The lowest BCUT2D eigenvalue weighted by Crippen LogP contribution is -2.05. The highest BCUT2D eigenvalue weighted by Gasteiger charge is 2.28. The molecule has 0 aliphatic carbocycles. The minimum absolute atomic E-state index is 0.00532. The van der Waals surface area contributed by atoms with E-state index in [4.69, 9.17) is 31.8 Å². The summed E-state index contributed by atoms with van der Waals surface area (Å²) in [7, 11) is 3.09. The number of ether oxygens (including phenoxy) is 2. The SMILES string of the molecule is COc1cc(CS(=O)(=O)Cl)c(Cl)c2c1OC(C)C2. The highest BCUT2D eigenvalue weighted by atomic mass is 35.7. The Morgan fingerprint density at radius 1 is 1.56 bits per heavy atom. The number of methoxy groups -OCH3 is 1. The topological polar surface area (TPSA) is 52.6 Å². The molecule has 0 aromatic heterocycles. The maximum Gasteiger partial charge on any atom is 0.236 e. The number of halogens is 2. The second-order valence-corrected chi connectivity index (χ2v) is 7.33. The third-order valence-corrected chi connectivity index (χ3v) is 4.16. The Hall–Kier alpha value is -0.650. The molecule has 1 atom stereocenters. The summed E-state index contributed by atoms with van der Waals surface area (Å²) < 4.78 is 33.1. The number of rotatable bonds is 3. The second kappa shape index (κ2) is 4.79.